The lowest BCUT2D eigenvalue weighted by Gasteiger charge is -2.10. The highest BCUT2D eigenvalue weighted by atomic mass is 35.5. The fraction of sp³-hybridized carbons (Fsp3) is 0.182. The van der Waals surface area contributed by atoms with Crippen LogP contribution in [0.4, 0.5) is 4.79 Å². The number of carbonyl (C=O) groups excluding carboxylic acids is 1. The minimum atomic E-state index is -4.05. The van der Waals surface area contributed by atoms with E-state index < -0.39 is 16.1 Å². The smallest absolute Gasteiger partial charge is 0.421 e. The first kappa shape index (κ1) is 23.6. The number of nitrogens with one attached hydrogen (secondary N) is 1. The molecule has 0 fully saturated rings. The molecule has 33 heavy (non-hydrogen) atoms. The number of halogens is 3. The topological polar surface area (TPSA) is 90.3 Å². The second-order valence-corrected chi connectivity index (χ2v) is 10.3. The van der Waals surface area contributed by atoms with Gasteiger partial charge in [0.1, 0.15) is 6.61 Å². The molecule has 3 aromatic rings. The SMILES string of the molecule is O=C(NS(=O)(=O)c1ccc(Cl)cc1)OC/C=C1\CCc2cnn(Cc3ccc(Cl)cc3Cl)c21. The van der Waals surface area contributed by atoms with Crippen LogP contribution in [-0.2, 0) is 27.7 Å². The summed E-state index contributed by atoms with van der Waals surface area (Å²) in [6, 6.07) is 10.7. The van der Waals surface area contributed by atoms with Crippen LogP contribution in [0.25, 0.3) is 5.57 Å². The van der Waals surface area contributed by atoms with Crippen LogP contribution in [-0.4, -0.2) is 30.9 Å². The van der Waals surface area contributed by atoms with Crippen LogP contribution in [0.3, 0.4) is 0 Å². The Morgan fingerprint density at radius 2 is 1.82 bits per heavy atom. The lowest BCUT2D eigenvalue weighted by Crippen LogP contribution is -2.31. The van der Waals surface area contributed by atoms with E-state index in [1.165, 1.54) is 24.3 Å². The minimum Gasteiger partial charge on any atom is -0.445 e. The summed E-state index contributed by atoms with van der Waals surface area (Å²) in [6.45, 7) is 0.368. The largest absolute Gasteiger partial charge is 0.445 e. The zero-order valence-corrected chi connectivity index (χ0v) is 20.2. The third kappa shape index (κ3) is 5.52. The van der Waals surface area contributed by atoms with Crippen molar-refractivity contribution in [2.24, 2.45) is 0 Å². The molecule has 4 rings (SSSR count). The van der Waals surface area contributed by atoms with Crippen molar-refractivity contribution >= 4 is 56.5 Å². The number of allylic oxidation sites excluding steroid dienone is 1. The van der Waals surface area contributed by atoms with Crippen LogP contribution in [0.15, 0.2) is 59.6 Å². The molecule has 1 aromatic heterocycles. The summed E-state index contributed by atoms with van der Waals surface area (Å²) in [6.07, 6.45) is 4.07. The number of aryl methyl sites for hydroxylation is 1. The molecule has 1 heterocycles. The van der Waals surface area contributed by atoms with E-state index in [1.54, 1.807) is 18.2 Å². The number of nitrogens with zero attached hydrogens (tertiary/aromatic N) is 2. The molecule has 0 radical (unpaired) electrons. The third-order valence-corrected chi connectivity index (χ3v) is 7.27. The second-order valence-electron chi connectivity index (χ2n) is 7.30. The molecule has 1 N–H and O–H groups in total. The average molecular weight is 527 g/mol. The number of amides is 1. The Morgan fingerprint density at radius 3 is 2.55 bits per heavy atom. The zero-order chi connectivity index (χ0) is 23.6. The summed E-state index contributed by atoms with van der Waals surface area (Å²) in [5.74, 6) is 0. The molecular weight excluding hydrogens is 509 g/mol. The number of benzene rings is 2. The number of hydrogen-bond acceptors (Lipinski definition) is 5. The van der Waals surface area contributed by atoms with Crippen LogP contribution in [0.2, 0.25) is 15.1 Å². The van der Waals surface area contributed by atoms with Gasteiger partial charge in [0.25, 0.3) is 10.0 Å². The Labute approximate surface area is 206 Å². The molecule has 0 saturated carbocycles. The van der Waals surface area contributed by atoms with E-state index in [0.717, 1.165) is 35.2 Å². The first-order valence-corrected chi connectivity index (χ1v) is 12.5. The summed E-state index contributed by atoms with van der Waals surface area (Å²) in [5, 5.41) is 5.95. The molecule has 0 spiro atoms. The maximum absolute atomic E-state index is 12.3. The third-order valence-electron chi connectivity index (χ3n) is 5.10. The molecule has 0 saturated heterocycles. The Balaban J connectivity index is 1.41. The highest BCUT2D eigenvalue weighted by Gasteiger charge is 2.23. The van der Waals surface area contributed by atoms with Crippen molar-refractivity contribution in [2.45, 2.75) is 24.3 Å². The molecule has 0 bridgehead atoms. The number of fused-ring (bicyclic) bond motifs is 1. The molecule has 2 aromatic carbocycles. The van der Waals surface area contributed by atoms with Crippen LogP contribution >= 0.6 is 34.8 Å². The van der Waals surface area contributed by atoms with Gasteiger partial charge >= 0.3 is 6.09 Å². The number of sulfonamides is 1. The van der Waals surface area contributed by atoms with E-state index in [9.17, 15) is 13.2 Å². The zero-order valence-electron chi connectivity index (χ0n) is 17.1. The highest BCUT2D eigenvalue weighted by Crippen LogP contribution is 2.33. The molecule has 172 valence electrons. The standard InChI is InChI=1S/C22H18Cl3N3O4S/c23-17-5-7-19(8-6-17)33(30,31)27-22(29)32-10-9-14-1-2-15-12-26-28(21(14)15)13-16-3-4-18(24)11-20(16)25/h3-9,11-12H,1-2,10,13H2,(H,27,29)/b14-9+. The predicted octanol–water partition coefficient (Wildman–Crippen LogP) is 5.34. The molecular formula is C22H18Cl3N3O4S. The van der Waals surface area contributed by atoms with Gasteiger partial charge in [0.2, 0.25) is 0 Å². The fourth-order valence-electron chi connectivity index (χ4n) is 3.53. The van der Waals surface area contributed by atoms with E-state index in [0.29, 0.717) is 21.6 Å². The van der Waals surface area contributed by atoms with Crippen LogP contribution in [0.5, 0.6) is 0 Å². The highest BCUT2D eigenvalue weighted by molar-refractivity contribution is 7.90. The average Bonchev–Trinajstić information content (AvgIpc) is 3.33. The van der Waals surface area contributed by atoms with Gasteiger partial charge in [0, 0.05) is 15.1 Å². The summed E-state index contributed by atoms with van der Waals surface area (Å²) >= 11 is 18.0. The van der Waals surface area contributed by atoms with Gasteiger partial charge in [0.05, 0.1) is 23.3 Å². The number of hydrogen-bond donors (Lipinski definition) is 1. The number of rotatable bonds is 6. The molecule has 0 atom stereocenters. The molecule has 0 unspecified atom stereocenters. The maximum atomic E-state index is 12.3. The Kier molecular flexibility index (Phi) is 6.99. The van der Waals surface area contributed by atoms with Gasteiger partial charge in [-0.25, -0.2) is 17.9 Å². The van der Waals surface area contributed by atoms with Gasteiger partial charge in [0.15, 0.2) is 0 Å². The van der Waals surface area contributed by atoms with Crippen molar-refractivity contribution in [3.8, 4) is 0 Å². The normalized spacial score (nSPS) is 14.3. The second kappa shape index (κ2) is 9.77. The lowest BCUT2D eigenvalue weighted by atomic mass is 10.2. The first-order valence-electron chi connectivity index (χ1n) is 9.86. The Bertz CT molecular complexity index is 1340. The minimum absolute atomic E-state index is 0.0904. The van der Waals surface area contributed by atoms with Gasteiger partial charge in [-0.05, 0) is 72.0 Å². The van der Waals surface area contributed by atoms with Gasteiger partial charge < -0.3 is 4.74 Å². The molecule has 11 heteroatoms. The summed E-state index contributed by atoms with van der Waals surface area (Å²) in [7, 11) is -4.05. The van der Waals surface area contributed by atoms with E-state index in [-0.39, 0.29) is 11.5 Å². The molecule has 0 aliphatic heterocycles. The molecule has 1 amide bonds. The van der Waals surface area contributed by atoms with E-state index in [1.807, 2.05) is 21.7 Å². The van der Waals surface area contributed by atoms with Gasteiger partial charge in [-0.1, -0.05) is 40.9 Å². The number of carbonyl (C=O) groups is 1. The van der Waals surface area contributed by atoms with Crippen LogP contribution < -0.4 is 4.72 Å². The lowest BCUT2D eigenvalue weighted by molar-refractivity contribution is 0.165. The molecule has 1 aliphatic carbocycles. The van der Waals surface area contributed by atoms with Gasteiger partial charge in [-0.2, -0.15) is 5.10 Å². The van der Waals surface area contributed by atoms with Gasteiger partial charge in [-0.15, -0.1) is 0 Å². The van der Waals surface area contributed by atoms with Crippen molar-refractivity contribution in [1.29, 1.82) is 0 Å². The van der Waals surface area contributed by atoms with Crippen molar-refractivity contribution in [3.05, 3.63) is 86.6 Å². The monoisotopic (exact) mass is 525 g/mol. The summed E-state index contributed by atoms with van der Waals surface area (Å²) in [5.41, 5.74) is 3.86. The van der Waals surface area contributed by atoms with E-state index >= 15 is 0 Å². The molecule has 1 aliphatic rings. The van der Waals surface area contributed by atoms with Crippen molar-refractivity contribution < 1.29 is 17.9 Å². The van der Waals surface area contributed by atoms with Crippen molar-refractivity contribution in [3.63, 3.8) is 0 Å². The van der Waals surface area contributed by atoms with Gasteiger partial charge in [-0.3, -0.25) is 4.68 Å². The summed E-state index contributed by atoms with van der Waals surface area (Å²) < 4.78 is 33.3. The first-order chi connectivity index (χ1) is 15.7. The van der Waals surface area contributed by atoms with Crippen LogP contribution in [0.1, 0.15) is 23.2 Å². The molecule has 7 nitrogen and oxygen atoms in total. The Hall–Kier alpha value is -2.52. The van der Waals surface area contributed by atoms with E-state index in [4.69, 9.17) is 39.5 Å². The van der Waals surface area contributed by atoms with Crippen molar-refractivity contribution in [2.75, 3.05) is 6.61 Å². The fourth-order valence-corrected chi connectivity index (χ4v) is 5.01. The quantitative estimate of drug-likeness (QED) is 0.468. The number of aromatic nitrogens is 2. The summed E-state index contributed by atoms with van der Waals surface area (Å²) in [4.78, 5) is 11.9. The van der Waals surface area contributed by atoms with E-state index in [2.05, 4.69) is 5.10 Å². The van der Waals surface area contributed by atoms with Crippen LogP contribution in [0, 0.1) is 0 Å². The number of ether oxygens (including phenoxy) is 1. The maximum Gasteiger partial charge on any atom is 0.421 e. The predicted molar refractivity (Wildman–Crippen MR) is 127 cm³/mol. The Morgan fingerprint density at radius 1 is 1.09 bits per heavy atom. The van der Waals surface area contributed by atoms with Crippen molar-refractivity contribution in [1.82, 2.24) is 14.5 Å².